The van der Waals surface area contributed by atoms with E-state index in [-0.39, 0.29) is 0 Å². The number of aryl methyl sites for hydroxylation is 2. The summed E-state index contributed by atoms with van der Waals surface area (Å²) in [6.07, 6.45) is 7.99. The summed E-state index contributed by atoms with van der Waals surface area (Å²) in [6.45, 7) is 3.34. The first-order chi connectivity index (χ1) is 13.3. The molecule has 0 spiro atoms. The molecule has 1 N–H and O–H groups in total. The first kappa shape index (κ1) is 16.1. The Morgan fingerprint density at radius 3 is 2.59 bits per heavy atom. The van der Waals surface area contributed by atoms with Crippen LogP contribution in [0.15, 0.2) is 24.7 Å². The number of hydrogen-bond acceptors (Lipinski definition) is 6. The standard InChI is InChI=1S/C20H21N7/c21-12-15-11-14-3-1-2-4-16(14)25-19(15)26-7-9-27(10-8-26)20-18-17(5-6-22-18)23-13-24-20/h5-6,11,13,22H,1-4,7-10H2. The maximum atomic E-state index is 9.63. The number of fused-ring (bicyclic) bond motifs is 2. The van der Waals surface area contributed by atoms with E-state index in [9.17, 15) is 5.26 Å². The molecule has 0 unspecified atom stereocenters. The Morgan fingerprint density at radius 1 is 1.00 bits per heavy atom. The molecule has 1 aliphatic carbocycles. The second-order valence-corrected chi connectivity index (χ2v) is 7.19. The highest BCUT2D eigenvalue weighted by atomic mass is 15.3. The lowest BCUT2D eigenvalue weighted by molar-refractivity contribution is 0.631. The van der Waals surface area contributed by atoms with Crippen molar-refractivity contribution in [2.75, 3.05) is 36.0 Å². The van der Waals surface area contributed by atoms with E-state index >= 15 is 0 Å². The fourth-order valence-corrected chi connectivity index (χ4v) is 4.17. The van der Waals surface area contributed by atoms with Gasteiger partial charge >= 0.3 is 0 Å². The van der Waals surface area contributed by atoms with Gasteiger partial charge in [-0.15, -0.1) is 0 Å². The molecule has 2 aliphatic rings. The number of rotatable bonds is 2. The monoisotopic (exact) mass is 359 g/mol. The van der Waals surface area contributed by atoms with Crippen LogP contribution in [0.1, 0.15) is 29.7 Å². The van der Waals surface area contributed by atoms with Gasteiger partial charge in [-0.1, -0.05) is 0 Å². The van der Waals surface area contributed by atoms with E-state index in [1.807, 2.05) is 12.3 Å². The van der Waals surface area contributed by atoms with Crippen LogP contribution >= 0.6 is 0 Å². The third-order valence-corrected chi connectivity index (χ3v) is 5.61. The number of piperazine rings is 1. The number of H-pyrrole nitrogens is 1. The second-order valence-electron chi connectivity index (χ2n) is 7.19. The lowest BCUT2D eigenvalue weighted by atomic mass is 9.95. The van der Waals surface area contributed by atoms with Gasteiger partial charge < -0.3 is 14.8 Å². The molecule has 136 valence electrons. The molecule has 0 radical (unpaired) electrons. The van der Waals surface area contributed by atoms with Crippen molar-refractivity contribution in [3.05, 3.63) is 41.5 Å². The van der Waals surface area contributed by atoms with Crippen molar-refractivity contribution in [3.8, 4) is 6.07 Å². The van der Waals surface area contributed by atoms with Crippen molar-refractivity contribution in [2.24, 2.45) is 0 Å². The molecule has 3 aromatic rings. The molecule has 27 heavy (non-hydrogen) atoms. The van der Waals surface area contributed by atoms with Gasteiger partial charge in [0.25, 0.3) is 0 Å². The number of anilines is 2. The van der Waals surface area contributed by atoms with Crippen LogP contribution in [0, 0.1) is 11.3 Å². The van der Waals surface area contributed by atoms with E-state index < -0.39 is 0 Å². The average molecular weight is 359 g/mol. The minimum Gasteiger partial charge on any atom is -0.357 e. The average Bonchev–Trinajstić information content (AvgIpc) is 3.22. The predicted molar refractivity (Wildman–Crippen MR) is 104 cm³/mol. The van der Waals surface area contributed by atoms with Gasteiger partial charge in [0.1, 0.15) is 23.7 Å². The van der Waals surface area contributed by atoms with E-state index in [0.717, 1.165) is 61.7 Å². The van der Waals surface area contributed by atoms with Gasteiger partial charge in [0.2, 0.25) is 0 Å². The number of nitriles is 1. The van der Waals surface area contributed by atoms with Crippen LogP contribution in [-0.2, 0) is 12.8 Å². The molecular formula is C20H21N7. The molecule has 0 saturated carbocycles. The predicted octanol–water partition coefficient (Wildman–Crippen LogP) is 2.43. The Bertz CT molecular complexity index is 1020. The van der Waals surface area contributed by atoms with Crippen LogP contribution in [0.3, 0.4) is 0 Å². The van der Waals surface area contributed by atoms with Crippen LogP contribution in [-0.4, -0.2) is 46.1 Å². The number of nitrogens with zero attached hydrogens (tertiary/aromatic N) is 6. The third kappa shape index (κ3) is 2.78. The van der Waals surface area contributed by atoms with E-state index in [1.54, 1.807) is 6.33 Å². The molecule has 1 fully saturated rings. The van der Waals surface area contributed by atoms with Gasteiger partial charge in [-0.25, -0.2) is 15.0 Å². The molecule has 1 aliphatic heterocycles. The summed E-state index contributed by atoms with van der Waals surface area (Å²) in [6, 6.07) is 6.39. The second kappa shape index (κ2) is 6.54. The van der Waals surface area contributed by atoms with Crippen molar-refractivity contribution in [2.45, 2.75) is 25.7 Å². The van der Waals surface area contributed by atoms with E-state index in [0.29, 0.717) is 5.56 Å². The minimum atomic E-state index is 0.706. The largest absolute Gasteiger partial charge is 0.357 e. The van der Waals surface area contributed by atoms with E-state index in [1.165, 1.54) is 24.1 Å². The highest BCUT2D eigenvalue weighted by molar-refractivity contribution is 5.86. The van der Waals surface area contributed by atoms with Crippen molar-refractivity contribution >= 4 is 22.7 Å². The van der Waals surface area contributed by atoms with Gasteiger partial charge in [0, 0.05) is 38.1 Å². The zero-order valence-corrected chi connectivity index (χ0v) is 15.1. The zero-order chi connectivity index (χ0) is 18.2. The lowest BCUT2D eigenvalue weighted by Gasteiger charge is -2.36. The lowest BCUT2D eigenvalue weighted by Crippen LogP contribution is -2.47. The van der Waals surface area contributed by atoms with Crippen molar-refractivity contribution in [3.63, 3.8) is 0 Å². The first-order valence-electron chi connectivity index (χ1n) is 9.54. The number of aromatic amines is 1. The molecule has 0 atom stereocenters. The summed E-state index contributed by atoms with van der Waals surface area (Å²) in [5.74, 6) is 1.80. The number of pyridine rings is 1. The topological polar surface area (TPSA) is 84.7 Å². The maximum Gasteiger partial charge on any atom is 0.156 e. The highest BCUT2D eigenvalue weighted by Gasteiger charge is 2.24. The van der Waals surface area contributed by atoms with Crippen LogP contribution < -0.4 is 9.80 Å². The number of aromatic nitrogens is 4. The summed E-state index contributed by atoms with van der Waals surface area (Å²) in [5, 5.41) is 9.63. The number of hydrogen-bond donors (Lipinski definition) is 1. The van der Waals surface area contributed by atoms with Gasteiger partial charge in [0.15, 0.2) is 5.82 Å². The zero-order valence-electron chi connectivity index (χ0n) is 15.1. The van der Waals surface area contributed by atoms with E-state index in [4.69, 9.17) is 4.98 Å². The molecule has 3 aromatic heterocycles. The molecular weight excluding hydrogens is 338 g/mol. The molecule has 0 amide bonds. The number of nitrogens with one attached hydrogen (secondary N) is 1. The summed E-state index contributed by atoms with van der Waals surface area (Å²) in [4.78, 5) is 21.5. The van der Waals surface area contributed by atoms with Gasteiger partial charge in [-0.3, -0.25) is 0 Å². The Labute approximate surface area is 157 Å². The molecule has 7 nitrogen and oxygen atoms in total. The smallest absolute Gasteiger partial charge is 0.156 e. The van der Waals surface area contributed by atoms with Crippen molar-refractivity contribution in [1.82, 2.24) is 19.9 Å². The molecule has 1 saturated heterocycles. The van der Waals surface area contributed by atoms with Crippen molar-refractivity contribution < 1.29 is 0 Å². The maximum absolute atomic E-state index is 9.63. The molecule has 4 heterocycles. The Kier molecular flexibility index (Phi) is 3.89. The van der Waals surface area contributed by atoms with Gasteiger partial charge in [-0.05, 0) is 43.4 Å². The van der Waals surface area contributed by atoms with E-state index in [2.05, 4.69) is 36.9 Å². The van der Waals surface area contributed by atoms with Crippen LogP contribution in [0.5, 0.6) is 0 Å². The van der Waals surface area contributed by atoms with Gasteiger partial charge in [-0.2, -0.15) is 5.26 Å². The van der Waals surface area contributed by atoms with Crippen molar-refractivity contribution in [1.29, 1.82) is 5.26 Å². The third-order valence-electron chi connectivity index (χ3n) is 5.61. The Hall–Kier alpha value is -3.14. The van der Waals surface area contributed by atoms with Gasteiger partial charge in [0.05, 0.1) is 11.1 Å². The summed E-state index contributed by atoms with van der Waals surface area (Å²) in [5.41, 5.74) is 5.07. The summed E-state index contributed by atoms with van der Waals surface area (Å²) >= 11 is 0. The Morgan fingerprint density at radius 2 is 1.78 bits per heavy atom. The molecule has 0 aromatic carbocycles. The minimum absolute atomic E-state index is 0.706. The normalized spacial score (nSPS) is 17.0. The molecule has 5 rings (SSSR count). The molecule has 0 bridgehead atoms. The molecule has 7 heteroatoms. The Balaban J connectivity index is 1.39. The summed E-state index contributed by atoms with van der Waals surface area (Å²) < 4.78 is 0. The first-order valence-corrected chi connectivity index (χ1v) is 9.54. The highest BCUT2D eigenvalue weighted by Crippen LogP contribution is 2.28. The van der Waals surface area contributed by atoms with Crippen LogP contribution in [0.25, 0.3) is 11.0 Å². The van der Waals surface area contributed by atoms with Crippen LogP contribution in [0.4, 0.5) is 11.6 Å². The summed E-state index contributed by atoms with van der Waals surface area (Å²) in [7, 11) is 0. The fourth-order valence-electron chi connectivity index (χ4n) is 4.17. The fraction of sp³-hybridized carbons (Fsp3) is 0.400. The van der Waals surface area contributed by atoms with Crippen LogP contribution in [0.2, 0.25) is 0 Å². The SMILES string of the molecule is N#Cc1cc2c(nc1N1CCN(c3ncnc4cc[nH]c34)CC1)CCCC2. The quantitative estimate of drug-likeness (QED) is 0.756.